The summed E-state index contributed by atoms with van der Waals surface area (Å²) in [6.07, 6.45) is 3.30. The number of carbonyl (C=O) groups excluding carboxylic acids is 1. The van der Waals surface area contributed by atoms with E-state index in [1.54, 1.807) is 23.1 Å². The number of hydrogen-bond donors (Lipinski definition) is 1. The van der Waals surface area contributed by atoms with Crippen molar-refractivity contribution < 1.29 is 9.18 Å². The molecule has 3 heterocycles. The maximum absolute atomic E-state index is 13.5. The van der Waals surface area contributed by atoms with Crippen LogP contribution in [-0.4, -0.2) is 30.5 Å². The number of nitrogens with zero attached hydrogens (tertiary/aromatic N) is 5. The maximum atomic E-state index is 13.5. The summed E-state index contributed by atoms with van der Waals surface area (Å²) in [5.41, 5.74) is 6.04. The van der Waals surface area contributed by atoms with Crippen LogP contribution >= 0.6 is 0 Å². The third-order valence-electron chi connectivity index (χ3n) is 5.85. The van der Waals surface area contributed by atoms with Crippen molar-refractivity contribution in [3.05, 3.63) is 95.3 Å². The van der Waals surface area contributed by atoms with E-state index in [2.05, 4.69) is 15.5 Å². The molecule has 3 aromatic heterocycles. The number of benzene rings is 2. The zero-order chi connectivity index (χ0) is 23.8. The Morgan fingerprint density at radius 3 is 2.68 bits per heavy atom. The number of amides is 1. The third-order valence-corrected chi connectivity index (χ3v) is 5.85. The lowest BCUT2D eigenvalue weighted by molar-refractivity contribution is 0.102. The van der Waals surface area contributed by atoms with E-state index < -0.39 is 0 Å². The van der Waals surface area contributed by atoms with Crippen molar-refractivity contribution in [2.75, 3.05) is 5.32 Å². The second kappa shape index (κ2) is 8.55. The second-order valence-corrected chi connectivity index (χ2v) is 8.25. The second-order valence-electron chi connectivity index (χ2n) is 8.25. The Morgan fingerprint density at radius 1 is 1.09 bits per heavy atom. The Morgan fingerprint density at radius 2 is 1.91 bits per heavy atom. The Hall–Kier alpha value is -4.33. The Kier molecular flexibility index (Phi) is 5.41. The van der Waals surface area contributed by atoms with Crippen molar-refractivity contribution in [1.29, 1.82) is 0 Å². The molecule has 1 amide bonds. The Bertz CT molecular complexity index is 1530. The molecule has 170 valence electrons. The molecule has 0 radical (unpaired) electrons. The van der Waals surface area contributed by atoms with Crippen molar-refractivity contribution in [3.63, 3.8) is 0 Å². The summed E-state index contributed by atoms with van der Waals surface area (Å²) in [4.78, 5) is 18.2. The smallest absolute Gasteiger partial charge is 0.256 e. The Balaban J connectivity index is 1.47. The van der Waals surface area contributed by atoms with Crippen LogP contribution in [0, 0.1) is 19.7 Å². The molecule has 34 heavy (non-hydrogen) atoms. The van der Waals surface area contributed by atoms with Crippen LogP contribution < -0.4 is 5.32 Å². The van der Waals surface area contributed by atoms with Gasteiger partial charge in [-0.2, -0.15) is 10.2 Å². The summed E-state index contributed by atoms with van der Waals surface area (Å²) in [5.74, 6) is -0.554. The normalized spacial score (nSPS) is 11.2. The van der Waals surface area contributed by atoms with Crippen LogP contribution in [0.15, 0.2) is 67.0 Å². The predicted octanol–water partition coefficient (Wildman–Crippen LogP) is 4.89. The molecule has 0 spiro atoms. The fourth-order valence-electron chi connectivity index (χ4n) is 4.17. The third kappa shape index (κ3) is 4.05. The fourth-order valence-corrected chi connectivity index (χ4v) is 4.17. The molecule has 5 rings (SSSR count). The van der Waals surface area contributed by atoms with E-state index in [-0.39, 0.29) is 11.7 Å². The van der Waals surface area contributed by atoms with Crippen LogP contribution in [0.5, 0.6) is 0 Å². The van der Waals surface area contributed by atoms with Gasteiger partial charge < -0.3 is 5.32 Å². The van der Waals surface area contributed by atoms with Gasteiger partial charge >= 0.3 is 0 Å². The van der Waals surface area contributed by atoms with E-state index >= 15 is 0 Å². The first kappa shape index (κ1) is 21.5. The van der Waals surface area contributed by atoms with Gasteiger partial charge in [0.2, 0.25) is 0 Å². The largest absolute Gasteiger partial charge is 0.319 e. The zero-order valence-corrected chi connectivity index (χ0v) is 19.1. The van der Waals surface area contributed by atoms with Crippen molar-refractivity contribution in [1.82, 2.24) is 24.5 Å². The number of carbonyl (C=O) groups is 1. The van der Waals surface area contributed by atoms with Crippen LogP contribution in [0.3, 0.4) is 0 Å². The minimum Gasteiger partial charge on any atom is -0.319 e. The van der Waals surface area contributed by atoms with Gasteiger partial charge in [-0.15, -0.1) is 0 Å². The number of halogens is 1. The zero-order valence-electron chi connectivity index (χ0n) is 19.1. The van der Waals surface area contributed by atoms with Gasteiger partial charge in [-0.05, 0) is 43.7 Å². The molecular weight excluding hydrogens is 431 g/mol. The van der Waals surface area contributed by atoms with Gasteiger partial charge in [-0.25, -0.2) is 9.37 Å². The highest BCUT2D eigenvalue weighted by Gasteiger charge is 2.19. The first-order valence-corrected chi connectivity index (χ1v) is 10.9. The molecule has 0 aliphatic heterocycles. The highest BCUT2D eigenvalue weighted by Crippen LogP contribution is 2.29. The van der Waals surface area contributed by atoms with Crippen molar-refractivity contribution in [2.45, 2.75) is 20.4 Å². The van der Waals surface area contributed by atoms with Gasteiger partial charge in [-0.3, -0.25) is 14.2 Å². The van der Waals surface area contributed by atoms with Gasteiger partial charge in [0.15, 0.2) is 0 Å². The minimum atomic E-state index is -0.294. The van der Waals surface area contributed by atoms with E-state index in [9.17, 15) is 9.18 Å². The number of aromatic nitrogens is 5. The summed E-state index contributed by atoms with van der Waals surface area (Å²) in [6, 6.07) is 15.7. The van der Waals surface area contributed by atoms with Gasteiger partial charge in [0.25, 0.3) is 5.91 Å². The van der Waals surface area contributed by atoms with Gasteiger partial charge in [0.1, 0.15) is 5.82 Å². The highest BCUT2D eigenvalue weighted by molar-refractivity contribution is 6.13. The van der Waals surface area contributed by atoms with Crippen molar-refractivity contribution in [2.24, 2.45) is 7.05 Å². The highest BCUT2D eigenvalue weighted by atomic mass is 19.1. The number of nitrogens with one attached hydrogen (secondary N) is 1. The lowest BCUT2D eigenvalue weighted by atomic mass is 10.0. The van der Waals surface area contributed by atoms with E-state index in [4.69, 9.17) is 4.98 Å². The summed E-state index contributed by atoms with van der Waals surface area (Å²) in [7, 11) is 1.89. The molecule has 0 bridgehead atoms. The summed E-state index contributed by atoms with van der Waals surface area (Å²) in [5, 5.41) is 12.5. The van der Waals surface area contributed by atoms with Crippen molar-refractivity contribution >= 4 is 22.5 Å². The molecular formula is C26H23FN6O. The number of fused-ring (bicyclic) bond motifs is 1. The number of anilines is 1. The molecule has 2 aromatic carbocycles. The number of pyridine rings is 1. The molecule has 5 aromatic rings. The lowest BCUT2D eigenvalue weighted by Crippen LogP contribution is -2.13. The van der Waals surface area contributed by atoms with Crippen LogP contribution in [-0.2, 0) is 13.6 Å². The summed E-state index contributed by atoms with van der Waals surface area (Å²) >= 11 is 0. The van der Waals surface area contributed by atoms with E-state index in [1.807, 2.05) is 62.0 Å². The first-order valence-electron chi connectivity index (χ1n) is 10.9. The van der Waals surface area contributed by atoms with E-state index in [0.29, 0.717) is 23.5 Å². The monoisotopic (exact) mass is 454 g/mol. The minimum absolute atomic E-state index is 0.260. The van der Waals surface area contributed by atoms with Gasteiger partial charge in [0, 0.05) is 29.9 Å². The van der Waals surface area contributed by atoms with Crippen LogP contribution in [0.1, 0.15) is 27.3 Å². The molecule has 0 atom stereocenters. The standard InChI is InChI=1S/C26H23FN6O/c1-16-25(17(2)32(3)31-16)24-12-22(21-9-4-5-10-23(21)30-24)26(34)29-20-13-28-33(15-20)14-18-7-6-8-19(27)11-18/h4-13,15H,14H2,1-3H3,(H,29,34). The number of rotatable bonds is 5. The number of para-hydroxylation sites is 1. The molecule has 0 unspecified atom stereocenters. The number of aryl methyl sites for hydroxylation is 2. The molecule has 1 N–H and O–H groups in total. The predicted molar refractivity (Wildman–Crippen MR) is 129 cm³/mol. The van der Waals surface area contributed by atoms with Crippen LogP contribution in [0.25, 0.3) is 22.2 Å². The molecule has 0 saturated heterocycles. The van der Waals surface area contributed by atoms with E-state index in [1.165, 1.54) is 12.1 Å². The quantitative estimate of drug-likeness (QED) is 0.410. The Labute approximate surface area is 195 Å². The van der Waals surface area contributed by atoms with Gasteiger partial charge in [-0.1, -0.05) is 30.3 Å². The summed E-state index contributed by atoms with van der Waals surface area (Å²) < 4.78 is 16.9. The molecule has 0 aliphatic rings. The van der Waals surface area contributed by atoms with Crippen LogP contribution in [0.2, 0.25) is 0 Å². The SMILES string of the molecule is Cc1nn(C)c(C)c1-c1cc(C(=O)Nc2cnn(Cc3cccc(F)c3)c2)c2ccccc2n1. The lowest BCUT2D eigenvalue weighted by Gasteiger charge is -2.10. The topological polar surface area (TPSA) is 77.6 Å². The molecule has 0 aliphatic carbocycles. The number of hydrogen-bond acceptors (Lipinski definition) is 4. The maximum Gasteiger partial charge on any atom is 0.256 e. The summed E-state index contributed by atoms with van der Waals surface area (Å²) in [6.45, 7) is 4.32. The van der Waals surface area contributed by atoms with Gasteiger partial charge in [0.05, 0.1) is 40.9 Å². The molecule has 8 heteroatoms. The first-order chi connectivity index (χ1) is 16.4. The molecule has 0 fully saturated rings. The average molecular weight is 455 g/mol. The van der Waals surface area contributed by atoms with E-state index in [0.717, 1.165) is 33.4 Å². The molecule has 0 saturated carbocycles. The van der Waals surface area contributed by atoms with Crippen LogP contribution in [0.4, 0.5) is 10.1 Å². The van der Waals surface area contributed by atoms with Crippen molar-refractivity contribution in [3.8, 4) is 11.3 Å². The molecule has 7 nitrogen and oxygen atoms in total. The average Bonchev–Trinajstić information content (AvgIpc) is 3.35. The fraction of sp³-hybridized carbons (Fsp3) is 0.154.